The monoisotopic (exact) mass is 299 g/mol. The van der Waals surface area contributed by atoms with Crippen LogP contribution in [0.1, 0.15) is 11.1 Å². The molecular weight excluding hydrogens is 274 g/mol. The van der Waals surface area contributed by atoms with E-state index in [-0.39, 0.29) is 0 Å². The molecule has 3 N–H and O–H groups in total. The van der Waals surface area contributed by atoms with Gasteiger partial charge in [0.25, 0.3) is 0 Å². The van der Waals surface area contributed by atoms with Gasteiger partial charge >= 0.3 is 0 Å². The highest BCUT2D eigenvalue weighted by atomic mass is 16.5. The Morgan fingerprint density at radius 3 is 2.14 bits per heavy atom. The average Bonchev–Trinajstić information content (AvgIpc) is 2.58. The Morgan fingerprint density at radius 1 is 0.864 bits per heavy atom. The van der Waals surface area contributed by atoms with E-state index in [0.29, 0.717) is 13.2 Å². The maximum absolute atomic E-state index is 5.77. The van der Waals surface area contributed by atoms with E-state index >= 15 is 0 Å². The number of hydrazine groups is 1. The highest BCUT2D eigenvalue weighted by molar-refractivity contribution is 5.14. The third kappa shape index (κ3) is 6.37. The zero-order valence-electron chi connectivity index (χ0n) is 12.9. The molecule has 0 amide bonds. The lowest BCUT2D eigenvalue weighted by atomic mass is 10.2. The van der Waals surface area contributed by atoms with Gasteiger partial charge in [0.05, 0.1) is 13.2 Å². The fourth-order valence-electron chi connectivity index (χ4n) is 2.29. The number of hydrogen-bond acceptors (Lipinski definition) is 4. The molecule has 0 saturated heterocycles. The molecule has 2 aromatic carbocycles. The van der Waals surface area contributed by atoms with Gasteiger partial charge in [0.1, 0.15) is 0 Å². The zero-order valence-corrected chi connectivity index (χ0v) is 12.9. The van der Waals surface area contributed by atoms with Gasteiger partial charge in [0.15, 0.2) is 0 Å². The molecule has 118 valence electrons. The van der Waals surface area contributed by atoms with Crippen molar-refractivity contribution in [3.05, 3.63) is 71.8 Å². The number of ether oxygens (including phenoxy) is 1. The van der Waals surface area contributed by atoms with Crippen molar-refractivity contribution in [1.29, 1.82) is 0 Å². The molecule has 4 heteroatoms. The van der Waals surface area contributed by atoms with Crippen LogP contribution in [0.15, 0.2) is 60.7 Å². The lowest BCUT2D eigenvalue weighted by molar-refractivity contribution is 0.0905. The van der Waals surface area contributed by atoms with Crippen molar-refractivity contribution in [2.45, 2.75) is 13.2 Å². The van der Waals surface area contributed by atoms with Gasteiger partial charge in [-0.25, -0.2) is 0 Å². The van der Waals surface area contributed by atoms with Gasteiger partial charge in [-0.2, -0.15) is 0 Å². The molecule has 0 aliphatic rings. The van der Waals surface area contributed by atoms with Crippen molar-refractivity contribution in [1.82, 2.24) is 10.3 Å². The van der Waals surface area contributed by atoms with Gasteiger partial charge in [0, 0.05) is 26.2 Å². The minimum Gasteiger partial charge on any atom is -0.375 e. The molecule has 0 aliphatic carbocycles. The van der Waals surface area contributed by atoms with E-state index in [9.17, 15) is 0 Å². The first kappa shape index (κ1) is 16.6. The van der Waals surface area contributed by atoms with E-state index in [4.69, 9.17) is 10.6 Å². The van der Waals surface area contributed by atoms with Crippen molar-refractivity contribution in [2.24, 2.45) is 5.84 Å². The van der Waals surface area contributed by atoms with Crippen LogP contribution in [0.5, 0.6) is 0 Å². The van der Waals surface area contributed by atoms with E-state index in [1.807, 2.05) is 24.3 Å². The summed E-state index contributed by atoms with van der Waals surface area (Å²) in [6.45, 7) is 4.85. The number of hydrogen-bond donors (Lipinski definition) is 2. The van der Waals surface area contributed by atoms with Crippen LogP contribution in [0.4, 0.5) is 0 Å². The molecule has 0 saturated carbocycles. The smallest absolute Gasteiger partial charge is 0.0717 e. The second-order valence-corrected chi connectivity index (χ2v) is 5.25. The van der Waals surface area contributed by atoms with Crippen LogP contribution in [0.2, 0.25) is 0 Å². The molecule has 2 aromatic rings. The maximum Gasteiger partial charge on any atom is 0.0717 e. The Hall–Kier alpha value is -1.72. The molecule has 0 radical (unpaired) electrons. The van der Waals surface area contributed by atoms with Crippen LogP contribution < -0.4 is 11.3 Å². The van der Waals surface area contributed by atoms with Gasteiger partial charge in [0.2, 0.25) is 0 Å². The molecular formula is C18H25N3O. The Balaban J connectivity index is 1.74. The summed E-state index contributed by atoms with van der Waals surface area (Å²) < 4.78 is 5.77. The number of rotatable bonds is 10. The summed E-state index contributed by atoms with van der Waals surface area (Å²) in [5.41, 5.74) is 5.23. The summed E-state index contributed by atoms with van der Waals surface area (Å²) in [5, 5.41) is 0. The molecule has 0 aromatic heterocycles. The topological polar surface area (TPSA) is 50.5 Å². The SMILES string of the molecule is NNCCN(CCOCc1ccccc1)Cc1ccccc1. The second-order valence-electron chi connectivity index (χ2n) is 5.25. The van der Waals surface area contributed by atoms with Crippen molar-refractivity contribution in [3.8, 4) is 0 Å². The molecule has 2 rings (SSSR count). The van der Waals surface area contributed by atoms with E-state index in [2.05, 4.69) is 46.7 Å². The van der Waals surface area contributed by atoms with E-state index in [1.54, 1.807) is 0 Å². The van der Waals surface area contributed by atoms with Gasteiger partial charge in [-0.15, -0.1) is 0 Å². The minimum atomic E-state index is 0.662. The third-order valence-electron chi connectivity index (χ3n) is 3.48. The normalized spacial score (nSPS) is 11.0. The van der Waals surface area contributed by atoms with Crippen molar-refractivity contribution < 1.29 is 4.74 Å². The van der Waals surface area contributed by atoms with E-state index in [1.165, 1.54) is 11.1 Å². The van der Waals surface area contributed by atoms with Crippen LogP contribution >= 0.6 is 0 Å². The summed E-state index contributed by atoms with van der Waals surface area (Å²) in [6, 6.07) is 20.7. The van der Waals surface area contributed by atoms with Crippen LogP contribution in [-0.4, -0.2) is 31.1 Å². The lowest BCUT2D eigenvalue weighted by Gasteiger charge is -2.22. The standard InChI is InChI=1S/C18H25N3O/c19-20-11-12-21(15-17-7-3-1-4-8-17)13-14-22-16-18-9-5-2-6-10-18/h1-10,20H,11-16,19H2. The van der Waals surface area contributed by atoms with Crippen LogP contribution in [-0.2, 0) is 17.9 Å². The highest BCUT2D eigenvalue weighted by Crippen LogP contribution is 2.05. The van der Waals surface area contributed by atoms with Crippen molar-refractivity contribution in [2.75, 3.05) is 26.2 Å². The third-order valence-corrected chi connectivity index (χ3v) is 3.48. The quantitative estimate of drug-likeness (QED) is 0.401. The van der Waals surface area contributed by atoms with E-state index in [0.717, 1.165) is 26.2 Å². The Kier molecular flexibility index (Phi) is 7.63. The molecule has 0 atom stereocenters. The molecule has 4 nitrogen and oxygen atoms in total. The largest absolute Gasteiger partial charge is 0.375 e. The van der Waals surface area contributed by atoms with Crippen molar-refractivity contribution in [3.63, 3.8) is 0 Å². The first-order chi connectivity index (χ1) is 10.9. The van der Waals surface area contributed by atoms with Crippen LogP contribution in [0.25, 0.3) is 0 Å². The Bertz CT molecular complexity index is 504. The fourth-order valence-corrected chi connectivity index (χ4v) is 2.29. The van der Waals surface area contributed by atoms with Crippen LogP contribution in [0.3, 0.4) is 0 Å². The molecule has 0 heterocycles. The summed E-state index contributed by atoms with van der Waals surface area (Å²) in [6.07, 6.45) is 0. The van der Waals surface area contributed by atoms with Gasteiger partial charge in [-0.1, -0.05) is 60.7 Å². The highest BCUT2D eigenvalue weighted by Gasteiger charge is 2.05. The number of nitrogens with one attached hydrogen (secondary N) is 1. The van der Waals surface area contributed by atoms with Gasteiger partial charge < -0.3 is 4.74 Å². The first-order valence-electron chi connectivity index (χ1n) is 7.70. The maximum atomic E-state index is 5.77. The number of nitrogens with zero attached hydrogens (tertiary/aromatic N) is 1. The molecule has 0 spiro atoms. The number of benzene rings is 2. The lowest BCUT2D eigenvalue weighted by Crippen LogP contribution is -2.36. The molecule has 0 aliphatic heterocycles. The predicted octanol–water partition coefficient (Wildman–Crippen LogP) is 2.17. The second kappa shape index (κ2) is 10.1. The first-order valence-corrected chi connectivity index (χ1v) is 7.70. The summed E-state index contributed by atoms with van der Waals surface area (Å²) in [4.78, 5) is 2.35. The van der Waals surface area contributed by atoms with Gasteiger partial charge in [-0.05, 0) is 11.1 Å². The Morgan fingerprint density at radius 2 is 1.50 bits per heavy atom. The molecule has 0 fully saturated rings. The molecule has 0 unspecified atom stereocenters. The number of nitrogens with two attached hydrogens (primary N) is 1. The van der Waals surface area contributed by atoms with Crippen molar-refractivity contribution >= 4 is 0 Å². The minimum absolute atomic E-state index is 0.662. The molecule has 22 heavy (non-hydrogen) atoms. The summed E-state index contributed by atoms with van der Waals surface area (Å²) >= 11 is 0. The molecule has 0 bridgehead atoms. The average molecular weight is 299 g/mol. The fraction of sp³-hybridized carbons (Fsp3) is 0.333. The summed E-state index contributed by atoms with van der Waals surface area (Å²) in [5.74, 6) is 5.39. The summed E-state index contributed by atoms with van der Waals surface area (Å²) in [7, 11) is 0. The Labute approximate surface area is 132 Å². The predicted molar refractivity (Wildman–Crippen MR) is 90.0 cm³/mol. The zero-order chi connectivity index (χ0) is 15.5. The van der Waals surface area contributed by atoms with Gasteiger partial charge in [-0.3, -0.25) is 16.2 Å². The van der Waals surface area contributed by atoms with Crippen LogP contribution in [0, 0.1) is 0 Å². The van der Waals surface area contributed by atoms with E-state index < -0.39 is 0 Å².